The Labute approximate surface area is 127 Å². The number of phenolic OH excluding ortho intramolecular Hbond substituents is 1. The molecule has 0 heterocycles. The maximum absolute atomic E-state index is 12.0. The molecule has 0 aliphatic rings. The second-order valence-electron chi connectivity index (χ2n) is 4.25. The van der Waals surface area contributed by atoms with E-state index >= 15 is 0 Å². The van der Waals surface area contributed by atoms with Crippen molar-refractivity contribution in [2.45, 2.75) is 6.42 Å². The monoisotopic (exact) mass is 309 g/mol. The van der Waals surface area contributed by atoms with Crippen molar-refractivity contribution in [2.75, 3.05) is 11.2 Å². The third-order valence-corrected chi connectivity index (χ3v) is 3.22. The van der Waals surface area contributed by atoms with Gasteiger partial charge in [-0.05, 0) is 42.3 Å². The lowest BCUT2D eigenvalue weighted by Crippen LogP contribution is -2.12. The Morgan fingerprint density at radius 2 is 1.85 bits per heavy atom. The summed E-state index contributed by atoms with van der Waals surface area (Å²) in [6.07, 6.45) is 0.785. The molecule has 0 spiro atoms. The normalized spacial score (nSPS) is 10.3. The molecule has 0 unspecified atom stereocenters. The molecular weight excluding hydrogens is 297 g/mol. The summed E-state index contributed by atoms with van der Waals surface area (Å²) in [4.78, 5) is 12.0. The molecular formula is C15H13Cl2NO2. The minimum Gasteiger partial charge on any atom is -0.507 e. The minimum absolute atomic E-state index is 0.145. The first-order valence-electron chi connectivity index (χ1n) is 6.05. The Morgan fingerprint density at radius 3 is 2.45 bits per heavy atom. The first kappa shape index (κ1) is 14.7. The summed E-state index contributed by atoms with van der Waals surface area (Å²) in [5.41, 5.74) is 1.94. The van der Waals surface area contributed by atoms with E-state index in [9.17, 15) is 9.90 Å². The predicted molar refractivity (Wildman–Crippen MR) is 81.9 cm³/mol. The Hall–Kier alpha value is -1.71. The van der Waals surface area contributed by atoms with Crippen LogP contribution >= 0.6 is 23.2 Å². The largest absolute Gasteiger partial charge is 0.507 e. The van der Waals surface area contributed by atoms with E-state index in [1.165, 1.54) is 12.1 Å². The molecule has 0 aliphatic heterocycles. The van der Waals surface area contributed by atoms with E-state index in [1.807, 2.05) is 12.1 Å². The molecule has 3 nitrogen and oxygen atoms in total. The van der Waals surface area contributed by atoms with Crippen molar-refractivity contribution in [1.29, 1.82) is 0 Å². The molecule has 0 aliphatic carbocycles. The molecule has 104 valence electrons. The molecule has 20 heavy (non-hydrogen) atoms. The Kier molecular flexibility index (Phi) is 4.88. The summed E-state index contributed by atoms with van der Waals surface area (Å²) in [5, 5.41) is 12.8. The number of anilines is 1. The Morgan fingerprint density at radius 1 is 1.15 bits per heavy atom. The topological polar surface area (TPSA) is 49.3 Å². The number of benzene rings is 2. The fourth-order valence-electron chi connectivity index (χ4n) is 1.76. The van der Waals surface area contributed by atoms with Gasteiger partial charge in [-0.3, -0.25) is 4.79 Å². The third kappa shape index (κ3) is 3.65. The molecule has 0 saturated heterocycles. The van der Waals surface area contributed by atoms with Gasteiger partial charge in [0.05, 0.1) is 5.56 Å². The SMILES string of the molecule is O=C(Nc1ccc(CCCl)cc1)c1ccc(Cl)cc1O. The highest BCUT2D eigenvalue weighted by atomic mass is 35.5. The van der Waals surface area contributed by atoms with Gasteiger partial charge in [-0.1, -0.05) is 23.7 Å². The van der Waals surface area contributed by atoms with E-state index in [4.69, 9.17) is 23.2 Å². The average molecular weight is 310 g/mol. The number of aryl methyl sites for hydroxylation is 1. The first-order chi connectivity index (χ1) is 9.60. The van der Waals surface area contributed by atoms with Crippen LogP contribution in [0.3, 0.4) is 0 Å². The predicted octanol–water partition coefficient (Wildman–Crippen LogP) is 4.08. The van der Waals surface area contributed by atoms with Crippen LogP contribution < -0.4 is 5.32 Å². The summed E-state index contributed by atoms with van der Waals surface area (Å²) >= 11 is 11.4. The van der Waals surface area contributed by atoms with E-state index in [0.29, 0.717) is 16.6 Å². The number of aromatic hydroxyl groups is 1. The maximum Gasteiger partial charge on any atom is 0.259 e. The van der Waals surface area contributed by atoms with Crippen molar-refractivity contribution >= 4 is 34.8 Å². The van der Waals surface area contributed by atoms with Gasteiger partial charge >= 0.3 is 0 Å². The number of rotatable bonds is 4. The standard InChI is InChI=1S/C15H13Cl2NO2/c16-8-7-10-1-4-12(5-2-10)18-15(20)13-6-3-11(17)9-14(13)19/h1-6,9,19H,7-8H2,(H,18,20). The molecule has 0 atom stereocenters. The molecule has 2 aromatic rings. The van der Waals surface area contributed by atoms with Crippen molar-refractivity contribution in [3.8, 4) is 5.75 Å². The van der Waals surface area contributed by atoms with Gasteiger partial charge in [-0.15, -0.1) is 11.6 Å². The van der Waals surface area contributed by atoms with Crippen LogP contribution in [0.15, 0.2) is 42.5 Å². The molecule has 2 rings (SSSR count). The van der Waals surface area contributed by atoms with Crippen LogP contribution in [-0.2, 0) is 6.42 Å². The van der Waals surface area contributed by atoms with Crippen molar-refractivity contribution in [3.63, 3.8) is 0 Å². The number of carbonyl (C=O) groups excluding carboxylic acids is 1. The Balaban J connectivity index is 2.11. The number of amides is 1. The molecule has 1 amide bonds. The van der Waals surface area contributed by atoms with Crippen LogP contribution in [0, 0.1) is 0 Å². The molecule has 0 radical (unpaired) electrons. The van der Waals surface area contributed by atoms with Crippen LogP contribution in [0.5, 0.6) is 5.75 Å². The lowest BCUT2D eigenvalue weighted by Gasteiger charge is -2.08. The Bertz CT molecular complexity index is 612. The van der Waals surface area contributed by atoms with Gasteiger partial charge in [0, 0.05) is 16.6 Å². The van der Waals surface area contributed by atoms with Crippen LogP contribution in [-0.4, -0.2) is 16.9 Å². The number of nitrogens with one attached hydrogen (secondary N) is 1. The highest BCUT2D eigenvalue weighted by Crippen LogP contribution is 2.23. The van der Waals surface area contributed by atoms with Crippen molar-refractivity contribution in [2.24, 2.45) is 0 Å². The van der Waals surface area contributed by atoms with Gasteiger partial charge in [0.1, 0.15) is 5.75 Å². The second-order valence-corrected chi connectivity index (χ2v) is 5.07. The molecule has 0 bridgehead atoms. The van der Waals surface area contributed by atoms with Crippen LogP contribution in [0.2, 0.25) is 5.02 Å². The summed E-state index contributed by atoms with van der Waals surface area (Å²) < 4.78 is 0. The zero-order valence-electron chi connectivity index (χ0n) is 10.6. The number of hydrogen-bond donors (Lipinski definition) is 2. The van der Waals surface area contributed by atoms with Gasteiger partial charge in [-0.25, -0.2) is 0 Å². The van der Waals surface area contributed by atoms with Crippen molar-refractivity contribution in [3.05, 3.63) is 58.6 Å². The second kappa shape index (κ2) is 6.64. The molecule has 2 N–H and O–H groups in total. The van der Waals surface area contributed by atoms with Gasteiger partial charge in [-0.2, -0.15) is 0 Å². The van der Waals surface area contributed by atoms with Gasteiger partial charge in [0.2, 0.25) is 0 Å². The van der Waals surface area contributed by atoms with Crippen LogP contribution in [0.4, 0.5) is 5.69 Å². The first-order valence-corrected chi connectivity index (χ1v) is 6.96. The quantitative estimate of drug-likeness (QED) is 0.836. The summed E-state index contributed by atoms with van der Waals surface area (Å²) in [6, 6.07) is 11.8. The van der Waals surface area contributed by atoms with Gasteiger partial charge < -0.3 is 10.4 Å². The number of halogens is 2. The zero-order chi connectivity index (χ0) is 14.5. The number of hydrogen-bond acceptors (Lipinski definition) is 2. The highest BCUT2D eigenvalue weighted by Gasteiger charge is 2.11. The summed E-state index contributed by atoms with van der Waals surface area (Å²) in [7, 11) is 0. The van der Waals surface area contributed by atoms with E-state index in [0.717, 1.165) is 12.0 Å². The average Bonchev–Trinajstić information content (AvgIpc) is 2.41. The van der Waals surface area contributed by atoms with E-state index < -0.39 is 0 Å². The molecule has 0 saturated carbocycles. The molecule has 2 aromatic carbocycles. The smallest absolute Gasteiger partial charge is 0.259 e. The lowest BCUT2D eigenvalue weighted by atomic mass is 10.1. The van der Waals surface area contributed by atoms with Crippen LogP contribution in [0.25, 0.3) is 0 Å². The third-order valence-electron chi connectivity index (χ3n) is 2.80. The number of phenols is 1. The van der Waals surface area contributed by atoms with Gasteiger partial charge in [0.25, 0.3) is 5.91 Å². The van der Waals surface area contributed by atoms with Crippen molar-refractivity contribution in [1.82, 2.24) is 0 Å². The number of carbonyl (C=O) groups is 1. The van der Waals surface area contributed by atoms with Crippen molar-refractivity contribution < 1.29 is 9.90 Å². The minimum atomic E-state index is -0.385. The van der Waals surface area contributed by atoms with Crippen LogP contribution in [0.1, 0.15) is 15.9 Å². The van der Waals surface area contributed by atoms with Gasteiger partial charge in [0.15, 0.2) is 0 Å². The fraction of sp³-hybridized carbons (Fsp3) is 0.133. The fourth-order valence-corrected chi connectivity index (χ4v) is 2.14. The molecule has 0 aromatic heterocycles. The molecule has 0 fully saturated rings. The zero-order valence-corrected chi connectivity index (χ0v) is 12.1. The summed E-state index contributed by atoms with van der Waals surface area (Å²) in [6.45, 7) is 0. The number of alkyl halides is 1. The highest BCUT2D eigenvalue weighted by molar-refractivity contribution is 6.31. The lowest BCUT2D eigenvalue weighted by molar-refractivity contribution is 0.102. The van der Waals surface area contributed by atoms with E-state index in [-0.39, 0.29) is 17.2 Å². The molecule has 5 heteroatoms. The summed E-state index contributed by atoms with van der Waals surface area (Å²) in [5.74, 6) is 0.0303. The maximum atomic E-state index is 12.0. The van der Waals surface area contributed by atoms with E-state index in [2.05, 4.69) is 5.32 Å². The van der Waals surface area contributed by atoms with E-state index in [1.54, 1.807) is 18.2 Å².